The van der Waals surface area contributed by atoms with Crippen LogP contribution in [0.1, 0.15) is 0 Å². The van der Waals surface area contributed by atoms with Gasteiger partial charge in [0.15, 0.2) is 0 Å². The Kier molecular flexibility index (Phi) is 2.42. The molecule has 2 N–H and O–H groups in total. The second kappa shape index (κ2) is 2.95. The van der Waals surface area contributed by atoms with Gasteiger partial charge >= 0.3 is 6.16 Å². The van der Waals surface area contributed by atoms with Crippen LogP contribution in [0.3, 0.4) is 0 Å². The van der Waals surface area contributed by atoms with E-state index in [4.69, 9.17) is 5.11 Å². The van der Waals surface area contributed by atoms with Gasteiger partial charge in [-0.15, -0.1) is 0 Å². The summed E-state index contributed by atoms with van der Waals surface area (Å²) in [5.74, 6) is 0. The zero-order chi connectivity index (χ0) is 5.70. The van der Waals surface area contributed by atoms with E-state index in [0.29, 0.717) is 0 Å². The molecule has 0 saturated carbocycles. The number of hydrogen-bond donors (Lipinski definition) is 2. The molecule has 5 heteroatoms. The van der Waals surface area contributed by atoms with Crippen molar-refractivity contribution in [1.29, 1.82) is 0 Å². The Balaban J connectivity index is 2.97. The largest absolute Gasteiger partial charge is 0.530 e. The van der Waals surface area contributed by atoms with Gasteiger partial charge in [-0.2, -0.15) is 5.48 Å². The number of hydroxylamine groups is 1. The zero-order valence-corrected chi connectivity index (χ0v) is 3.25. The number of nitrogens with one attached hydrogen (secondary N) is 1. The Morgan fingerprint density at radius 1 is 1.86 bits per heavy atom. The van der Waals surface area contributed by atoms with Crippen LogP contribution in [-0.2, 0) is 9.63 Å². The van der Waals surface area contributed by atoms with E-state index < -0.39 is 6.16 Å². The molecule has 0 aromatic rings. The maximum Gasteiger partial charge on any atom is 0.530 e. The van der Waals surface area contributed by atoms with Gasteiger partial charge in [0.25, 0.3) is 0 Å². The molecular weight excluding hydrogens is 102 g/mol. The molecule has 0 bridgehead atoms. The van der Waals surface area contributed by atoms with Gasteiger partial charge in [0.05, 0.1) is 0 Å². The highest BCUT2D eigenvalue weighted by molar-refractivity contribution is 5.58. The molecule has 0 rings (SSSR count). The highest BCUT2D eigenvalue weighted by Gasteiger charge is 1.89. The molecule has 0 heterocycles. The molecule has 5 nitrogen and oxygen atoms in total. The van der Waals surface area contributed by atoms with Crippen LogP contribution in [-0.4, -0.2) is 17.7 Å². The Morgan fingerprint density at radius 2 is 2.43 bits per heavy atom. The summed E-state index contributed by atoms with van der Waals surface area (Å²) in [5, 5.41) is 7.60. The van der Waals surface area contributed by atoms with Gasteiger partial charge in [0.2, 0.25) is 6.41 Å². The molecular formula is C2H3NO4. The summed E-state index contributed by atoms with van der Waals surface area (Å²) in [6.45, 7) is 0. The van der Waals surface area contributed by atoms with Crippen molar-refractivity contribution in [2.45, 2.75) is 0 Å². The van der Waals surface area contributed by atoms with Crippen LogP contribution in [0.15, 0.2) is 0 Å². The molecule has 40 valence electrons. The summed E-state index contributed by atoms with van der Waals surface area (Å²) in [5.41, 5.74) is 1.47. The van der Waals surface area contributed by atoms with Crippen molar-refractivity contribution in [2.24, 2.45) is 0 Å². The predicted octanol–water partition coefficient (Wildman–Crippen LogP) is -0.658. The van der Waals surface area contributed by atoms with Crippen LogP contribution < -0.4 is 5.48 Å². The van der Waals surface area contributed by atoms with E-state index in [-0.39, 0.29) is 6.41 Å². The molecule has 0 atom stereocenters. The Hall–Kier alpha value is -1.26. The van der Waals surface area contributed by atoms with E-state index in [1.54, 1.807) is 0 Å². The smallest absolute Gasteiger partial charge is 0.448 e. The fourth-order valence-corrected chi connectivity index (χ4v) is 0.0745. The van der Waals surface area contributed by atoms with Crippen molar-refractivity contribution in [3.63, 3.8) is 0 Å². The maximum atomic E-state index is 9.31. The highest BCUT2D eigenvalue weighted by Crippen LogP contribution is 1.61. The first-order chi connectivity index (χ1) is 3.27. The first-order valence-electron chi connectivity index (χ1n) is 1.36. The fraction of sp³-hybridized carbons (Fsp3) is 0. The lowest BCUT2D eigenvalue weighted by atomic mass is 11.4. The minimum absolute atomic E-state index is 0.119. The summed E-state index contributed by atoms with van der Waals surface area (Å²) in [4.78, 5) is 22.0. The SMILES string of the molecule is O=CNOC(=O)O. The standard InChI is InChI=1S/C2H3NO4/c4-1-3-7-2(5)6/h1H,(H,3,4)(H,5,6). The third-order valence-electron chi connectivity index (χ3n) is 0.194. The molecule has 0 aliphatic heterocycles. The number of amides is 1. The van der Waals surface area contributed by atoms with Crippen LogP contribution in [0.5, 0.6) is 0 Å². The summed E-state index contributed by atoms with van der Waals surface area (Å²) in [7, 11) is 0. The minimum Gasteiger partial charge on any atom is -0.448 e. The lowest BCUT2D eigenvalue weighted by molar-refractivity contribution is -0.118. The van der Waals surface area contributed by atoms with E-state index in [1.807, 2.05) is 0 Å². The molecule has 0 aromatic carbocycles. The van der Waals surface area contributed by atoms with Gasteiger partial charge in [0.1, 0.15) is 0 Å². The molecule has 7 heavy (non-hydrogen) atoms. The molecule has 0 unspecified atom stereocenters. The molecule has 1 amide bonds. The second-order valence-electron chi connectivity index (χ2n) is 0.604. The van der Waals surface area contributed by atoms with Gasteiger partial charge in [-0.3, -0.25) is 4.79 Å². The van der Waals surface area contributed by atoms with E-state index in [0.717, 1.165) is 0 Å². The average molecular weight is 105 g/mol. The molecule has 0 aliphatic rings. The minimum atomic E-state index is -1.54. The van der Waals surface area contributed by atoms with Gasteiger partial charge in [-0.25, -0.2) is 4.79 Å². The quantitative estimate of drug-likeness (QED) is 0.361. The maximum absolute atomic E-state index is 9.31. The Bertz CT molecular complexity index is 79.8. The molecule has 0 aliphatic carbocycles. The van der Waals surface area contributed by atoms with Crippen molar-refractivity contribution < 1.29 is 19.5 Å². The van der Waals surface area contributed by atoms with Crippen molar-refractivity contribution in [3.05, 3.63) is 0 Å². The molecule has 0 fully saturated rings. The number of carboxylic acid groups (broad SMARTS) is 1. The van der Waals surface area contributed by atoms with Crippen LogP contribution in [0.25, 0.3) is 0 Å². The van der Waals surface area contributed by atoms with Crippen molar-refractivity contribution in [2.75, 3.05) is 0 Å². The van der Waals surface area contributed by atoms with Crippen molar-refractivity contribution >= 4 is 12.6 Å². The Labute approximate surface area is 38.8 Å². The second-order valence-corrected chi connectivity index (χ2v) is 0.604. The van der Waals surface area contributed by atoms with E-state index in [9.17, 15) is 9.59 Å². The fourth-order valence-electron chi connectivity index (χ4n) is 0.0745. The van der Waals surface area contributed by atoms with Crippen LogP contribution in [0.2, 0.25) is 0 Å². The average Bonchev–Trinajstić information content (AvgIpc) is 1.61. The monoisotopic (exact) mass is 105 g/mol. The van der Waals surface area contributed by atoms with Gasteiger partial charge in [-0.05, 0) is 0 Å². The van der Waals surface area contributed by atoms with E-state index in [2.05, 4.69) is 4.84 Å². The lowest BCUT2D eigenvalue weighted by Crippen LogP contribution is -2.15. The summed E-state index contributed by atoms with van der Waals surface area (Å²) in [6, 6.07) is 0. The topological polar surface area (TPSA) is 75.6 Å². The number of rotatable bonds is 2. The van der Waals surface area contributed by atoms with Crippen LogP contribution in [0, 0.1) is 0 Å². The molecule has 0 aromatic heterocycles. The third kappa shape index (κ3) is 4.74. The van der Waals surface area contributed by atoms with Crippen LogP contribution >= 0.6 is 0 Å². The van der Waals surface area contributed by atoms with E-state index >= 15 is 0 Å². The zero-order valence-electron chi connectivity index (χ0n) is 3.25. The number of carbonyl (C=O) groups excluding carboxylic acids is 1. The molecule has 0 spiro atoms. The van der Waals surface area contributed by atoms with Gasteiger partial charge in [0, 0.05) is 0 Å². The highest BCUT2D eigenvalue weighted by atomic mass is 16.8. The first kappa shape index (κ1) is 5.74. The number of carbonyl (C=O) groups is 2. The van der Waals surface area contributed by atoms with Crippen molar-refractivity contribution in [1.82, 2.24) is 5.48 Å². The van der Waals surface area contributed by atoms with E-state index in [1.165, 1.54) is 5.48 Å². The third-order valence-corrected chi connectivity index (χ3v) is 0.194. The van der Waals surface area contributed by atoms with Crippen LogP contribution in [0.4, 0.5) is 4.79 Å². The predicted molar refractivity (Wildman–Crippen MR) is 18.3 cm³/mol. The molecule has 0 saturated heterocycles. The summed E-state index contributed by atoms with van der Waals surface area (Å²) in [6.07, 6.45) is -1.42. The number of hydrogen-bond acceptors (Lipinski definition) is 3. The summed E-state index contributed by atoms with van der Waals surface area (Å²) < 4.78 is 0. The van der Waals surface area contributed by atoms with Gasteiger partial charge < -0.3 is 9.94 Å². The first-order valence-corrected chi connectivity index (χ1v) is 1.36. The lowest BCUT2D eigenvalue weighted by Gasteiger charge is -1.88. The summed E-state index contributed by atoms with van der Waals surface area (Å²) >= 11 is 0. The van der Waals surface area contributed by atoms with Gasteiger partial charge in [-0.1, -0.05) is 0 Å². The Morgan fingerprint density at radius 3 is 2.57 bits per heavy atom. The normalized spacial score (nSPS) is 6.86. The molecule has 0 radical (unpaired) electrons. The van der Waals surface area contributed by atoms with Crippen molar-refractivity contribution in [3.8, 4) is 0 Å².